The maximum atomic E-state index is 13.2. The summed E-state index contributed by atoms with van der Waals surface area (Å²) in [5.41, 5.74) is 0.981. The number of aldehydes is 1. The third-order valence-corrected chi connectivity index (χ3v) is 7.34. The lowest BCUT2D eigenvalue weighted by molar-refractivity contribution is -0.149. The van der Waals surface area contributed by atoms with Crippen LogP contribution in [0.5, 0.6) is 0 Å². The lowest BCUT2D eigenvalue weighted by atomic mass is 9.58. The molecule has 4 atom stereocenters. The summed E-state index contributed by atoms with van der Waals surface area (Å²) in [4.78, 5) is 39.3. The summed E-state index contributed by atoms with van der Waals surface area (Å²) < 4.78 is 5.67. The first-order valence-electron chi connectivity index (χ1n) is 11.6. The lowest BCUT2D eigenvalue weighted by Crippen LogP contribution is -2.66. The van der Waals surface area contributed by atoms with Gasteiger partial charge in [-0.2, -0.15) is 0 Å². The molecule has 0 saturated heterocycles. The Labute approximate surface area is 192 Å². The van der Waals surface area contributed by atoms with Gasteiger partial charge >= 0.3 is 12.1 Å². The van der Waals surface area contributed by atoms with Crippen molar-refractivity contribution in [2.75, 3.05) is 4.90 Å². The highest BCUT2D eigenvalue weighted by atomic mass is 16.6. The Balaban J connectivity index is 1.50. The maximum Gasteiger partial charge on any atom is 0.414 e. The molecule has 1 heterocycles. The van der Waals surface area contributed by atoms with Crippen LogP contribution in [0.25, 0.3) is 0 Å². The quantitative estimate of drug-likeness (QED) is 0.595. The van der Waals surface area contributed by atoms with Gasteiger partial charge in [0.05, 0.1) is 5.69 Å². The van der Waals surface area contributed by atoms with E-state index in [1.807, 2.05) is 54.6 Å². The van der Waals surface area contributed by atoms with Crippen LogP contribution in [-0.2, 0) is 20.9 Å². The van der Waals surface area contributed by atoms with Crippen LogP contribution in [0.2, 0.25) is 0 Å². The monoisotopic (exact) mass is 448 g/mol. The Hall–Kier alpha value is -3.19. The first-order valence-corrected chi connectivity index (χ1v) is 11.6. The van der Waals surface area contributed by atoms with E-state index in [1.165, 1.54) is 0 Å². The third-order valence-electron chi connectivity index (χ3n) is 7.34. The zero-order chi connectivity index (χ0) is 23.0. The van der Waals surface area contributed by atoms with Gasteiger partial charge in [0.2, 0.25) is 0 Å². The molecular weight excluding hydrogens is 420 g/mol. The molecule has 0 bridgehead atoms. The Bertz CT molecular complexity index is 1050. The van der Waals surface area contributed by atoms with E-state index in [2.05, 4.69) is 5.32 Å². The molecule has 2 fully saturated rings. The number of carbonyl (C=O) groups is 3. The Kier molecular flexibility index (Phi) is 5.66. The molecule has 1 aliphatic heterocycles. The van der Waals surface area contributed by atoms with Gasteiger partial charge in [-0.15, -0.1) is 0 Å². The van der Waals surface area contributed by atoms with Crippen molar-refractivity contribution in [1.82, 2.24) is 5.32 Å². The number of carboxylic acid groups (broad SMARTS) is 1. The van der Waals surface area contributed by atoms with E-state index < -0.39 is 23.5 Å². The predicted octanol–water partition coefficient (Wildman–Crippen LogP) is 3.87. The molecule has 2 unspecified atom stereocenters. The molecule has 1 amide bonds. The van der Waals surface area contributed by atoms with Crippen LogP contribution in [0, 0.1) is 5.92 Å². The number of rotatable bonds is 8. The van der Waals surface area contributed by atoms with Gasteiger partial charge in [0.1, 0.15) is 18.4 Å². The topological polar surface area (TPSA) is 95.9 Å². The minimum absolute atomic E-state index is 0.0634. The Morgan fingerprint density at radius 3 is 2.42 bits per heavy atom. The van der Waals surface area contributed by atoms with Gasteiger partial charge in [0.15, 0.2) is 0 Å². The van der Waals surface area contributed by atoms with Crippen LogP contribution >= 0.6 is 0 Å². The van der Waals surface area contributed by atoms with Gasteiger partial charge in [-0.25, -0.2) is 4.79 Å². The Morgan fingerprint density at radius 2 is 1.79 bits per heavy atom. The van der Waals surface area contributed by atoms with Crippen LogP contribution in [0.1, 0.15) is 49.1 Å². The van der Waals surface area contributed by atoms with Gasteiger partial charge in [0.25, 0.3) is 0 Å². The van der Waals surface area contributed by atoms with Crippen molar-refractivity contribution < 1.29 is 24.2 Å². The first kappa shape index (κ1) is 21.6. The van der Waals surface area contributed by atoms with Crippen LogP contribution in [0.4, 0.5) is 10.5 Å². The van der Waals surface area contributed by atoms with Crippen molar-refractivity contribution in [3.63, 3.8) is 0 Å². The van der Waals surface area contributed by atoms with Crippen LogP contribution in [0.3, 0.4) is 0 Å². The summed E-state index contributed by atoms with van der Waals surface area (Å²) >= 11 is 0. The summed E-state index contributed by atoms with van der Waals surface area (Å²) in [6, 6.07) is 16.9. The minimum atomic E-state index is -1.39. The number of nitrogens with one attached hydrogen (secondary N) is 1. The van der Waals surface area contributed by atoms with Crippen molar-refractivity contribution in [1.29, 1.82) is 0 Å². The van der Waals surface area contributed by atoms with Gasteiger partial charge in [-0.05, 0) is 48.8 Å². The summed E-state index contributed by atoms with van der Waals surface area (Å²) in [5.74, 6) is -1.48. The molecule has 2 aromatic carbocycles. The molecule has 0 aromatic heterocycles. The van der Waals surface area contributed by atoms with E-state index in [0.29, 0.717) is 12.0 Å². The van der Waals surface area contributed by atoms with Crippen LogP contribution in [0.15, 0.2) is 54.6 Å². The number of amides is 1. The molecule has 0 radical (unpaired) electrons. The molecule has 7 nitrogen and oxygen atoms in total. The SMILES string of the molecule is O=CCC(NC1CC1)(C(=O)O)C1c2ccccc2N(C(=O)OCc2ccccc2)[C@@H]2CC[C@H]12. The third kappa shape index (κ3) is 3.80. The average Bonchev–Trinajstić information content (AvgIpc) is 3.62. The number of aliphatic carboxylic acids is 1. The highest BCUT2D eigenvalue weighted by molar-refractivity contribution is 5.92. The number of fused-ring (bicyclic) bond motifs is 2. The molecule has 2 saturated carbocycles. The van der Waals surface area contributed by atoms with Gasteiger partial charge in [0, 0.05) is 24.4 Å². The number of hydrogen-bond acceptors (Lipinski definition) is 5. The minimum Gasteiger partial charge on any atom is -0.480 e. The maximum absolute atomic E-state index is 13.2. The second kappa shape index (κ2) is 8.63. The van der Waals surface area contributed by atoms with Crippen molar-refractivity contribution >= 4 is 24.0 Å². The molecule has 172 valence electrons. The number of carbonyl (C=O) groups excluding carboxylic acids is 2. The summed E-state index contributed by atoms with van der Waals surface area (Å²) in [7, 11) is 0. The number of ether oxygens (including phenoxy) is 1. The second-order valence-corrected chi connectivity index (χ2v) is 9.32. The smallest absolute Gasteiger partial charge is 0.414 e. The zero-order valence-corrected chi connectivity index (χ0v) is 18.4. The van der Waals surface area contributed by atoms with Crippen molar-refractivity contribution in [2.24, 2.45) is 5.92 Å². The summed E-state index contributed by atoms with van der Waals surface area (Å²) in [5, 5.41) is 13.7. The fraction of sp³-hybridized carbons (Fsp3) is 0.423. The Morgan fingerprint density at radius 1 is 1.06 bits per heavy atom. The van der Waals surface area contributed by atoms with Crippen molar-refractivity contribution in [3.8, 4) is 0 Å². The van der Waals surface area contributed by atoms with E-state index in [1.54, 1.807) is 4.90 Å². The molecule has 0 spiro atoms. The number of carboxylic acids is 1. The molecule has 3 aliphatic rings. The fourth-order valence-electron chi connectivity index (χ4n) is 5.53. The molecule has 5 rings (SSSR count). The number of anilines is 1. The van der Waals surface area contributed by atoms with E-state index in [4.69, 9.17) is 4.74 Å². The van der Waals surface area contributed by atoms with E-state index in [0.717, 1.165) is 36.8 Å². The fourth-order valence-corrected chi connectivity index (χ4v) is 5.53. The number of hydrogen-bond donors (Lipinski definition) is 2. The molecule has 7 heteroatoms. The van der Waals surface area contributed by atoms with E-state index >= 15 is 0 Å². The summed E-state index contributed by atoms with van der Waals surface area (Å²) in [6.07, 6.45) is 3.57. The van der Waals surface area contributed by atoms with E-state index in [-0.39, 0.29) is 31.0 Å². The highest BCUT2D eigenvalue weighted by Gasteiger charge is 2.59. The highest BCUT2D eigenvalue weighted by Crippen LogP contribution is 2.55. The van der Waals surface area contributed by atoms with Gasteiger partial charge < -0.3 is 14.6 Å². The first-order chi connectivity index (χ1) is 16.0. The second-order valence-electron chi connectivity index (χ2n) is 9.32. The zero-order valence-electron chi connectivity index (χ0n) is 18.4. The predicted molar refractivity (Wildman–Crippen MR) is 122 cm³/mol. The molecule has 33 heavy (non-hydrogen) atoms. The lowest BCUT2D eigenvalue weighted by Gasteiger charge is -2.56. The summed E-state index contributed by atoms with van der Waals surface area (Å²) in [6.45, 7) is 0.173. The van der Waals surface area contributed by atoms with Crippen molar-refractivity contribution in [2.45, 2.75) is 62.3 Å². The number of para-hydroxylation sites is 1. The van der Waals surface area contributed by atoms with Crippen LogP contribution < -0.4 is 10.2 Å². The number of benzene rings is 2. The van der Waals surface area contributed by atoms with Gasteiger partial charge in [-0.3, -0.25) is 15.0 Å². The van der Waals surface area contributed by atoms with Crippen molar-refractivity contribution in [3.05, 3.63) is 65.7 Å². The van der Waals surface area contributed by atoms with Gasteiger partial charge in [-0.1, -0.05) is 48.5 Å². The number of nitrogens with zero attached hydrogens (tertiary/aromatic N) is 1. The molecular formula is C26H28N2O5. The normalized spacial score (nSPS) is 25.1. The molecule has 2 N–H and O–H groups in total. The average molecular weight is 449 g/mol. The standard InChI is InChI=1S/C26H28N2O5/c29-15-14-26(24(30)31,27-18-10-11-18)23-19-8-4-5-9-21(19)28(22-13-12-20(22)23)25(32)33-16-17-6-2-1-3-7-17/h1-9,15,18,20,22-23,27H,10-14,16H2,(H,30,31)/t20-,22+,23?,26?/m0/s1. The molecule has 2 aromatic rings. The van der Waals surface area contributed by atoms with Crippen LogP contribution in [-0.4, -0.2) is 41.1 Å². The molecule has 2 aliphatic carbocycles. The van der Waals surface area contributed by atoms with E-state index in [9.17, 15) is 19.5 Å². The largest absolute Gasteiger partial charge is 0.480 e.